The van der Waals surface area contributed by atoms with E-state index in [0.29, 0.717) is 48.1 Å². The van der Waals surface area contributed by atoms with Gasteiger partial charge in [0.1, 0.15) is 5.75 Å². The van der Waals surface area contributed by atoms with Gasteiger partial charge in [-0.05, 0) is 54.3 Å². The zero-order valence-corrected chi connectivity index (χ0v) is 19.8. The highest BCUT2D eigenvalue weighted by molar-refractivity contribution is 9.10. The molecule has 32 heavy (non-hydrogen) atoms. The summed E-state index contributed by atoms with van der Waals surface area (Å²) in [6.07, 6.45) is 1.06. The van der Waals surface area contributed by atoms with E-state index in [9.17, 15) is 9.59 Å². The Kier molecular flexibility index (Phi) is 8.45. The van der Waals surface area contributed by atoms with E-state index in [1.54, 1.807) is 36.4 Å². The Morgan fingerprint density at radius 1 is 0.906 bits per heavy atom. The summed E-state index contributed by atoms with van der Waals surface area (Å²) < 4.78 is 6.60. The first-order valence-electron chi connectivity index (χ1n) is 10.6. The summed E-state index contributed by atoms with van der Waals surface area (Å²) in [5.74, 6) is 0.521. The molecule has 0 aliphatic rings. The zero-order chi connectivity index (χ0) is 22.9. The van der Waals surface area contributed by atoms with E-state index in [-0.39, 0.29) is 11.8 Å². The molecular weight excluding hydrogens is 468 g/mol. The van der Waals surface area contributed by atoms with Crippen LogP contribution in [-0.2, 0) is 11.2 Å². The molecule has 0 unspecified atom stereocenters. The summed E-state index contributed by atoms with van der Waals surface area (Å²) in [6, 6.07) is 22.4. The van der Waals surface area contributed by atoms with E-state index in [2.05, 4.69) is 40.4 Å². The summed E-state index contributed by atoms with van der Waals surface area (Å²) in [5.41, 5.74) is 2.78. The first kappa shape index (κ1) is 23.5. The van der Waals surface area contributed by atoms with Crippen molar-refractivity contribution in [2.45, 2.75) is 26.7 Å². The van der Waals surface area contributed by atoms with Gasteiger partial charge in [0.05, 0.1) is 12.2 Å². The Morgan fingerprint density at radius 2 is 1.62 bits per heavy atom. The number of benzene rings is 3. The molecule has 0 fully saturated rings. The zero-order valence-electron chi connectivity index (χ0n) is 18.2. The number of rotatable bonds is 9. The van der Waals surface area contributed by atoms with Crippen LogP contribution in [0.4, 0.5) is 11.4 Å². The van der Waals surface area contributed by atoms with Crippen LogP contribution in [0.25, 0.3) is 0 Å². The van der Waals surface area contributed by atoms with Crippen LogP contribution in [0.15, 0.2) is 77.3 Å². The minimum atomic E-state index is -0.280. The molecule has 3 aromatic carbocycles. The average molecular weight is 495 g/mol. The van der Waals surface area contributed by atoms with Gasteiger partial charge in [0, 0.05) is 22.3 Å². The summed E-state index contributed by atoms with van der Waals surface area (Å²) in [7, 11) is 0. The van der Waals surface area contributed by atoms with Crippen LogP contribution in [0.2, 0.25) is 0 Å². The highest BCUT2D eigenvalue weighted by atomic mass is 79.9. The average Bonchev–Trinajstić information content (AvgIpc) is 2.77. The number of ether oxygens (including phenoxy) is 1. The van der Waals surface area contributed by atoms with E-state index in [1.807, 2.05) is 36.4 Å². The molecule has 2 amide bonds. The number of carbonyl (C=O) groups excluding carboxylic acids is 2. The summed E-state index contributed by atoms with van der Waals surface area (Å²) in [6.45, 7) is 4.63. The Balaban J connectivity index is 1.63. The van der Waals surface area contributed by atoms with Crippen molar-refractivity contribution >= 4 is 39.1 Å². The predicted octanol–water partition coefficient (Wildman–Crippen LogP) is 6.31. The number of aryl methyl sites for hydroxylation is 1. The molecule has 0 aliphatic carbocycles. The quantitative estimate of drug-likeness (QED) is 0.366. The van der Waals surface area contributed by atoms with Crippen molar-refractivity contribution in [2.24, 2.45) is 5.92 Å². The van der Waals surface area contributed by atoms with E-state index in [1.165, 1.54) is 0 Å². The highest BCUT2D eigenvalue weighted by Crippen LogP contribution is 2.25. The first-order chi connectivity index (χ1) is 15.4. The predicted molar refractivity (Wildman–Crippen MR) is 132 cm³/mol. The van der Waals surface area contributed by atoms with E-state index in [4.69, 9.17) is 4.74 Å². The fourth-order valence-electron chi connectivity index (χ4n) is 3.06. The topological polar surface area (TPSA) is 67.4 Å². The number of nitrogens with one attached hydrogen (secondary N) is 2. The van der Waals surface area contributed by atoms with Crippen molar-refractivity contribution < 1.29 is 14.3 Å². The third-order valence-corrected chi connectivity index (χ3v) is 5.14. The maximum absolute atomic E-state index is 12.9. The minimum absolute atomic E-state index is 0.0753. The van der Waals surface area contributed by atoms with E-state index >= 15 is 0 Å². The summed E-state index contributed by atoms with van der Waals surface area (Å²) >= 11 is 3.42. The molecule has 0 radical (unpaired) electrons. The van der Waals surface area contributed by atoms with E-state index in [0.717, 1.165) is 10.0 Å². The van der Waals surface area contributed by atoms with Gasteiger partial charge in [-0.3, -0.25) is 9.59 Å². The van der Waals surface area contributed by atoms with E-state index < -0.39 is 0 Å². The molecular formula is C26H27BrN2O3. The second-order valence-corrected chi connectivity index (χ2v) is 8.83. The largest absolute Gasteiger partial charge is 0.492 e. The number of anilines is 2. The van der Waals surface area contributed by atoms with Crippen LogP contribution in [0, 0.1) is 5.92 Å². The second kappa shape index (κ2) is 11.5. The summed E-state index contributed by atoms with van der Waals surface area (Å²) in [4.78, 5) is 25.3. The van der Waals surface area contributed by atoms with Crippen molar-refractivity contribution in [1.82, 2.24) is 0 Å². The molecule has 0 atom stereocenters. The number of hydrogen-bond donors (Lipinski definition) is 2. The molecule has 5 nitrogen and oxygen atoms in total. The first-order valence-corrected chi connectivity index (χ1v) is 11.4. The molecule has 2 N–H and O–H groups in total. The highest BCUT2D eigenvalue weighted by Gasteiger charge is 2.15. The Bertz CT molecular complexity index is 1070. The second-order valence-electron chi connectivity index (χ2n) is 7.91. The lowest BCUT2D eigenvalue weighted by molar-refractivity contribution is -0.116. The molecule has 3 aromatic rings. The number of carbonyl (C=O) groups is 2. The molecule has 3 rings (SSSR count). The molecule has 0 saturated heterocycles. The number of hydrogen-bond acceptors (Lipinski definition) is 3. The van der Waals surface area contributed by atoms with Crippen LogP contribution in [-0.4, -0.2) is 18.4 Å². The minimum Gasteiger partial charge on any atom is -0.492 e. The van der Waals surface area contributed by atoms with Gasteiger partial charge in [0.2, 0.25) is 5.91 Å². The molecule has 166 valence electrons. The van der Waals surface area contributed by atoms with Gasteiger partial charge in [0.15, 0.2) is 0 Å². The van der Waals surface area contributed by atoms with Crippen LogP contribution >= 0.6 is 15.9 Å². The molecule has 0 aliphatic heterocycles. The van der Waals surface area contributed by atoms with Crippen LogP contribution in [0.5, 0.6) is 5.75 Å². The maximum Gasteiger partial charge on any atom is 0.259 e. The number of halogens is 1. The van der Waals surface area contributed by atoms with Crippen LogP contribution in [0.3, 0.4) is 0 Å². The molecule has 0 saturated carbocycles. The fourth-order valence-corrected chi connectivity index (χ4v) is 3.42. The fraction of sp³-hybridized carbons (Fsp3) is 0.231. The summed E-state index contributed by atoms with van der Waals surface area (Å²) in [5, 5.41) is 5.79. The SMILES string of the molecule is CC(C)COc1ccc(Br)cc1C(=O)Nc1cccc(NC(=O)CCc2ccccc2)c1. The van der Waals surface area contributed by atoms with Gasteiger partial charge in [-0.15, -0.1) is 0 Å². The molecule has 0 aromatic heterocycles. The standard InChI is InChI=1S/C26H27BrN2O3/c1-18(2)17-32-24-13-12-20(27)15-23(24)26(31)29-22-10-6-9-21(16-22)28-25(30)14-11-19-7-4-3-5-8-19/h3-10,12-13,15-16,18H,11,14,17H2,1-2H3,(H,28,30)(H,29,31). The smallest absolute Gasteiger partial charge is 0.259 e. The van der Waals surface area contributed by atoms with Crippen LogP contribution < -0.4 is 15.4 Å². The van der Waals surface area contributed by atoms with Crippen molar-refractivity contribution in [3.63, 3.8) is 0 Å². The number of amides is 2. The molecule has 0 heterocycles. The third kappa shape index (κ3) is 7.24. The lowest BCUT2D eigenvalue weighted by atomic mass is 10.1. The van der Waals surface area contributed by atoms with Crippen molar-refractivity contribution in [3.05, 3.63) is 88.4 Å². The normalized spacial score (nSPS) is 10.6. The maximum atomic E-state index is 12.9. The van der Waals surface area contributed by atoms with Gasteiger partial charge in [-0.1, -0.05) is 66.2 Å². The Morgan fingerprint density at radius 3 is 2.34 bits per heavy atom. The van der Waals surface area contributed by atoms with Crippen molar-refractivity contribution in [3.8, 4) is 5.75 Å². The lowest BCUT2D eigenvalue weighted by Crippen LogP contribution is -2.16. The van der Waals surface area contributed by atoms with Gasteiger partial charge in [-0.25, -0.2) is 0 Å². The molecule has 0 bridgehead atoms. The molecule has 6 heteroatoms. The van der Waals surface area contributed by atoms with Crippen molar-refractivity contribution in [2.75, 3.05) is 17.2 Å². The van der Waals surface area contributed by atoms with Crippen LogP contribution in [0.1, 0.15) is 36.2 Å². The monoisotopic (exact) mass is 494 g/mol. The van der Waals surface area contributed by atoms with Gasteiger partial charge < -0.3 is 15.4 Å². The Labute approximate surface area is 197 Å². The van der Waals surface area contributed by atoms with Crippen molar-refractivity contribution in [1.29, 1.82) is 0 Å². The Hall–Kier alpha value is -3.12. The molecule has 0 spiro atoms. The third-order valence-electron chi connectivity index (χ3n) is 4.65. The lowest BCUT2D eigenvalue weighted by Gasteiger charge is -2.14. The van der Waals surface area contributed by atoms with Gasteiger partial charge in [0.25, 0.3) is 5.91 Å². The van der Waals surface area contributed by atoms with Gasteiger partial charge in [-0.2, -0.15) is 0 Å². The van der Waals surface area contributed by atoms with Gasteiger partial charge >= 0.3 is 0 Å².